The highest BCUT2D eigenvalue weighted by Crippen LogP contribution is 2.28. The lowest BCUT2D eigenvalue weighted by Gasteiger charge is -2.26. The summed E-state index contributed by atoms with van der Waals surface area (Å²) in [7, 11) is 0. The molecule has 0 bridgehead atoms. The van der Waals surface area contributed by atoms with Crippen LogP contribution in [0.5, 0.6) is 0 Å². The Balaban J connectivity index is 2.28. The van der Waals surface area contributed by atoms with Crippen LogP contribution in [-0.4, -0.2) is 33.9 Å². The largest absolute Gasteiger partial charge is 0.337 e. The van der Waals surface area contributed by atoms with Crippen LogP contribution in [0.4, 0.5) is 0 Å². The van der Waals surface area contributed by atoms with Gasteiger partial charge >= 0.3 is 0 Å². The van der Waals surface area contributed by atoms with Crippen LogP contribution in [0.2, 0.25) is 0 Å². The second-order valence-corrected chi connectivity index (χ2v) is 7.67. The van der Waals surface area contributed by atoms with E-state index in [0.717, 1.165) is 34.2 Å². The normalized spacial score (nSPS) is 11.3. The minimum Gasteiger partial charge on any atom is -0.337 e. The molecule has 0 aliphatic heterocycles. The summed E-state index contributed by atoms with van der Waals surface area (Å²) >= 11 is 1.47. The topological polar surface area (TPSA) is 46.1 Å². The quantitative estimate of drug-likeness (QED) is 0.794. The molecule has 0 aliphatic rings. The Kier molecular flexibility index (Phi) is 5.88. The van der Waals surface area contributed by atoms with Crippen LogP contribution >= 0.6 is 11.3 Å². The summed E-state index contributed by atoms with van der Waals surface area (Å²) in [5, 5.41) is 0.877. The average molecular weight is 331 g/mol. The highest BCUT2D eigenvalue weighted by atomic mass is 32.1. The van der Waals surface area contributed by atoms with E-state index in [0.29, 0.717) is 11.8 Å². The summed E-state index contributed by atoms with van der Waals surface area (Å²) in [4.78, 5) is 24.3. The second-order valence-electron chi connectivity index (χ2n) is 6.67. The van der Waals surface area contributed by atoms with Gasteiger partial charge in [-0.05, 0) is 30.9 Å². The van der Waals surface area contributed by atoms with E-state index in [1.165, 1.54) is 11.3 Å². The minimum atomic E-state index is 0.0997. The third-order valence-electron chi connectivity index (χ3n) is 3.38. The van der Waals surface area contributed by atoms with E-state index in [-0.39, 0.29) is 5.91 Å². The summed E-state index contributed by atoms with van der Waals surface area (Å²) in [5.41, 5.74) is 1.82. The van der Waals surface area contributed by atoms with E-state index in [2.05, 4.69) is 37.7 Å². The molecule has 2 rings (SSSR count). The lowest BCUT2D eigenvalue weighted by Crippen LogP contribution is -2.36. The van der Waals surface area contributed by atoms with Crippen molar-refractivity contribution in [2.75, 3.05) is 13.1 Å². The fraction of sp³-hybridized carbons (Fsp3) is 0.500. The molecule has 0 saturated carbocycles. The number of hydrogen-bond donors (Lipinski definition) is 0. The summed E-state index contributed by atoms with van der Waals surface area (Å²) < 4.78 is 0. The lowest BCUT2D eigenvalue weighted by molar-refractivity contribution is 0.0719. The molecule has 124 valence electrons. The van der Waals surface area contributed by atoms with Gasteiger partial charge in [0.05, 0.1) is 5.69 Å². The Morgan fingerprint density at radius 1 is 1.13 bits per heavy atom. The fourth-order valence-electron chi connectivity index (χ4n) is 2.48. The number of carbonyl (C=O) groups excluding carboxylic acids is 1. The van der Waals surface area contributed by atoms with Crippen molar-refractivity contribution in [1.29, 1.82) is 0 Å². The Labute approximate surface area is 142 Å². The second kappa shape index (κ2) is 7.68. The molecule has 5 heteroatoms. The van der Waals surface area contributed by atoms with Crippen LogP contribution < -0.4 is 0 Å². The molecule has 0 N–H and O–H groups in total. The lowest BCUT2D eigenvalue weighted by atomic mass is 10.1. The molecule has 2 aromatic heterocycles. The van der Waals surface area contributed by atoms with Gasteiger partial charge in [0.1, 0.15) is 9.88 Å². The van der Waals surface area contributed by atoms with E-state index in [4.69, 9.17) is 0 Å². The zero-order valence-corrected chi connectivity index (χ0v) is 15.4. The maximum atomic E-state index is 13.0. The molecule has 0 fully saturated rings. The van der Waals surface area contributed by atoms with Crippen LogP contribution in [0.25, 0.3) is 10.6 Å². The van der Waals surface area contributed by atoms with Crippen LogP contribution in [0.15, 0.2) is 24.5 Å². The first-order chi connectivity index (χ1) is 10.9. The number of aromatic nitrogens is 2. The van der Waals surface area contributed by atoms with Crippen molar-refractivity contribution < 1.29 is 4.79 Å². The van der Waals surface area contributed by atoms with E-state index in [1.807, 2.05) is 24.0 Å². The standard InChI is InChI=1S/C18H25N3OS/c1-12(2)10-21(11-13(3)4)18(22)16-14(5)20-17(23-16)15-6-8-19-9-7-15/h6-9,12-13H,10-11H2,1-5H3. The van der Waals surface area contributed by atoms with E-state index >= 15 is 0 Å². The molecule has 0 spiro atoms. The summed E-state index contributed by atoms with van der Waals surface area (Å²) in [6.07, 6.45) is 3.49. The molecule has 0 atom stereocenters. The molecule has 23 heavy (non-hydrogen) atoms. The molecule has 2 heterocycles. The highest BCUT2D eigenvalue weighted by Gasteiger charge is 2.23. The maximum Gasteiger partial charge on any atom is 0.265 e. The highest BCUT2D eigenvalue weighted by molar-refractivity contribution is 7.17. The molecular formula is C18H25N3OS. The fourth-order valence-corrected chi connectivity index (χ4v) is 3.52. The first kappa shape index (κ1) is 17.6. The summed E-state index contributed by atoms with van der Waals surface area (Å²) in [6.45, 7) is 12.0. The van der Waals surface area contributed by atoms with Gasteiger partial charge < -0.3 is 4.90 Å². The zero-order chi connectivity index (χ0) is 17.0. The van der Waals surface area contributed by atoms with Crippen molar-refractivity contribution in [1.82, 2.24) is 14.9 Å². The van der Waals surface area contributed by atoms with Gasteiger partial charge in [-0.2, -0.15) is 0 Å². The molecule has 0 saturated heterocycles. The maximum absolute atomic E-state index is 13.0. The first-order valence-electron chi connectivity index (χ1n) is 8.05. The number of rotatable bonds is 6. The van der Waals surface area contributed by atoms with Gasteiger partial charge in [0.15, 0.2) is 0 Å². The number of pyridine rings is 1. The first-order valence-corrected chi connectivity index (χ1v) is 8.87. The van der Waals surface area contributed by atoms with Crippen LogP contribution in [0.3, 0.4) is 0 Å². The molecule has 1 amide bonds. The van der Waals surface area contributed by atoms with Gasteiger partial charge in [0, 0.05) is 31.0 Å². The monoisotopic (exact) mass is 331 g/mol. The SMILES string of the molecule is Cc1nc(-c2ccncc2)sc1C(=O)N(CC(C)C)CC(C)C. The number of amides is 1. The number of nitrogens with zero attached hydrogens (tertiary/aromatic N) is 3. The van der Waals surface area contributed by atoms with Crippen LogP contribution in [0, 0.1) is 18.8 Å². The van der Waals surface area contributed by atoms with Crippen molar-refractivity contribution in [2.45, 2.75) is 34.6 Å². The van der Waals surface area contributed by atoms with Crippen molar-refractivity contribution in [3.8, 4) is 10.6 Å². The number of thiazole rings is 1. The van der Waals surface area contributed by atoms with Gasteiger partial charge in [0.2, 0.25) is 0 Å². The zero-order valence-electron chi connectivity index (χ0n) is 14.5. The summed E-state index contributed by atoms with van der Waals surface area (Å²) in [6, 6.07) is 3.85. The van der Waals surface area contributed by atoms with Gasteiger partial charge in [-0.15, -0.1) is 11.3 Å². The van der Waals surface area contributed by atoms with Gasteiger partial charge in [-0.3, -0.25) is 9.78 Å². The Hall–Kier alpha value is -1.75. The molecule has 0 aliphatic carbocycles. The molecular weight excluding hydrogens is 306 g/mol. The van der Waals surface area contributed by atoms with Gasteiger partial charge in [-0.1, -0.05) is 27.7 Å². The Morgan fingerprint density at radius 2 is 1.70 bits per heavy atom. The van der Waals surface area contributed by atoms with Crippen LogP contribution in [-0.2, 0) is 0 Å². The van der Waals surface area contributed by atoms with Gasteiger partial charge in [-0.25, -0.2) is 4.98 Å². The molecule has 2 aromatic rings. The molecule has 4 nitrogen and oxygen atoms in total. The number of aryl methyl sites for hydroxylation is 1. The number of carbonyl (C=O) groups is 1. The predicted octanol–water partition coefficient (Wildman–Crippen LogP) is 4.27. The van der Waals surface area contributed by atoms with Crippen molar-refractivity contribution in [3.63, 3.8) is 0 Å². The van der Waals surface area contributed by atoms with E-state index < -0.39 is 0 Å². The molecule has 0 unspecified atom stereocenters. The minimum absolute atomic E-state index is 0.0997. The van der Waals surface area contributed by atoms with Gasteiger partial charge in [0.25, 0.3) is 5.91 Å². The van der Waals surface area contributed by atoms with E-state index in [1.54, 1.807) is 12.4 Å². The van der Waals surface area contributed by atoms with Crippen molar-refractivity contribution in [2.24, 2.45) is 11.8 Å². The van der Waals surface area contributed by atoms with Crippen molar-refractivity contribution >= 4 is 17.2 Å². The van der Waals surface area contributed by atoms with Crippen LogP contribution in [0.1, 0.15) is 43.1 Å². The van der Waals surface area contributed by atoms with Crippen molar-refractivity contribution in [3.05, 3.63) is 35.1 Å². The molecule has 0 aromatic carbocycles. The molecule has 0 radical (unpaired) electrons. The Morgan fingerprint density at radius 3 is 2.22 bits per heavy atom. The third kappa shape index (κ3) is 4.61. The Bertz CT molecular complexity index is 640. The smallest absolute Gasteiger partial charge is 0.265 e. The summed E-state index contributed by atoms with van der Waals surface area (Å²) in [5.74, 6) is 0.999. The average Bonchev–Trinajstić information content (AvgIpc) is 2.88. The number of hydrogen-bond acceptors (Lipinski definition) is 4. The third-order valence-corrected chi connectivity index (χ3v) is 4.57. The predicted molar refractivity (Wildman–Crippen MR) is 95.7 cm³/mol. The van der Waals surface area contributed by atoms with E-state index in [9.17, 15) is 4.79 Å².